The van der Waals surface area contributed by atoms with Gasteiger partial charge in [-0.2, -0.15) is 0 Å². The second-order valence-corrected chi connectivity index (χ2v) is 5.34. The Kier molecular flexibility index (Phi) is 3.00. The van der Waals surface area contributed by atoms with E-state index < -0.39 is 0 Å². The van der Waals surface area contributed by atoms with Gasteiger partial charge in [0.15, 0.2) is 0 Å². The monoisotopic (exact) mass is 262 g/mol. The normalized spacial score (nSPS) is 20.3. The van der Waals surface area contributed by atoms with Gasteiger partial charge in [-0.3, -0.25) is 0 Å². The van der Waals surface area contributed by atoms with Crippen LogP contribution in [-0.2, 0) is 0 Å². The molecule has 0 saturated carbocycles. The largest absolute Gasteiger partial charge is 0.508 e. The maximum absolute atomic E-state index is 9.63. The number of hydrogen-bond donors (Lipinski definition) is 1. The molecule has 1 aromatic carbocycles. The predicted molar refractivity (Wildman–Crippen MR) is 74.5 cm³/mol. The van der Waals surface area contributed by atoms with Crippen molar-refractivity contribution in [1.29, 1.82) is 0 Å². The number of piperidine rings is 1. The lowest BCUT2D eigenvalue weighted by Gasteiger charge is -2.31. The van der Waals surface area contributed by atoms with Gasteiger partial charge in [-0.1, -0.05) is 6.07 Å². The summed E-state index contributed by atoms with van der Waals surface area (Å²) < 4.78 is 0. The van der Waals surface area contributed by atoms with Crippen LogP contribution < -0.4 is 4.90 Å². The molecule has 94 valence electrons. The van der Waals surface area contributed by atoms with Crippen LogP contribution in [0.1, 0.15) is 12.8 Å². The summed E-state index contributed by atoms with van der Waals surface area (Å²) in [4.78, 5) is 6.67. The van der Waals surface area contributed by atoms with Crippen molar-refractivity contribution in [1.82, 2.24) is 4.98 Å². The number of pyridine rings is 1. The third-order valence-electron chi connectivity index (χ3n) is 3.39. The third kappa shape index (κ3) is 2.10. The summed E-state index contributed by atoms with van der Waals surface area (Å²) in [6, 6.07) is 7.35. The fourth-order valence-corrected chi connectivity index (χ4v) is 2.83. The number of hydrogen-bond acceptors (Lipinski definition) is 3. The van der Waals surface area contributed by atoms with Gasteiger partial charge in [-0.05, 0) is 36.4 Å². The maximum atomic E-state index is 9.63. The van der Waals surface area contributed by atoms with E-state index in [0.29, 0.717) is 0 Å². The first-order chi connectivity index (χ1) is 8.74. The van der Waals surface area contributed by atoms with Crippen molar-refractivity contribution >= 4 is 28.2 Å². The fraction of sp³-hybridized carbons (Fsp3) is 0.357. The first-order valence-electron chi connectivity index (χ1n) is 6.21. The number of rotatable bonds is 1. The van der Waals surface area contributed by atoms with Crippen LogP contribution in [0.25, 0.3) is 10.8 Å². The van der Waals surface area contributed by atoms with Crippen LogP contribution in [-0.4, -0.2) is 28.6 Å². The molecule has 1 aromatic heterocycles. The van der Waals surface area contributed by atoms with Crippen molar-refractivity contribution in [3.8, 4) is 5.75 Å². The lowest BCUT2D eigenvalue weighted by molar-refractivity contribution is 0.476. The van der Waals surface area contributed by atoms with E-state index in [0.717, 1.165) is 42.5 Å². The first-order valence-corrected chi connectivity index (χ1v) is 6.64. The Labute approximate surface area is 111 Å². The van der Waals surface area contributed by atoms with Crippen molar-refractivity contribution in [3.05, 3.63) is 30.5 Å². The molecule has 2 heterocycles. The maximum Gasteiger partial charge on any atom is 0.136 e. The van der Waals surface area contributed by atoms with Crippen LogP contribution in [0.15, 0.2) is 30.5 Å². The van der Waals surface area contributed by atoms with E-state index in [1.165, 1.54) is 0 Å². The van der Waals surface area contributed by atoms with Crippen LogP contribution in [0.3, 0.4) is 0 Å². The lowest BCUT2D eigenvalue weighted by Crippen LogP contribution is -2.36. The quantitative estimate of drug-likeness (QED) is 0.802. The van der Waals surface area contributed by atoms with Crippen LogP contribution in [0, 0.1) is 0 Å². The molecule has 1 fully saturated rings. The van der Waals surface area contributed by atoms with E-state index in [1.54, 1.807) is 12.1 Å². The van der Waals surface area contributed by atoms with Crippen molar-refractivity contribution in [3.63, 3.8) is 0 Å². The van der Waals surface area contributed by atoms with Crippen molar-refractivity contribution in [2.75, 3.05) is 18.0 Å². The van der Waals surface area contributed by atoms with Gasteiger partial charge in [0, 0.05) is 24.7 Å². The number of halogens is 1. The average molecular weight is 263 g/mol. The van der Waals surface area contributed by atoms with Gasteiger partial charge < -0.3 is 10.0 Å². The van der Waals surface area contributed by atoms with Crippen molar-refractivity contribution < 1.29 is 5.11 Å². The molecule has 4 heteroatoms. The lowest BCUT2D eigenvalue weighted by atomic mass is 10.1. The van der Waals surface area contributed by atoms with Gasteiger partial charge in [0.05, 0.1) is 5.38 Å². The molecular formula is C14H15ClN2O. The van der Waals surface area contributed by atoms with Crippen LogP contribution in [0.5, 0.6) is 5.75 Å². The van der Waals surface area contributed by atoms with Crippen LogP contribution >= 0.6 is 11.6 Å². The third-order valence-corrected chi connectivity index (χ3v) is 3.75. The molecule has 18 heavy (non-hydrogen) atoms. The number of benzene rings is 1. The molecule has 2 aromatic rings. The molecule has 1 aliphatic rings. The smallest absolute Gasteiger partial charge is 0.136 e. The summed E-state index contributed by atoms with van der Waals surface area (Å²) in [5, 5.41) is 11.9. The van der Waals surface area contributed by atoms with E-state index in [4.69, 9.17) is 11.6 Å². The zero-order chi connectivity index (χ0) is 12.5. The first kappa shape index (κ1) is 11.6. The molecule has 0 bridgehead atoms. The van der Waals surface area contributed by atoms with Gasteiger partial charge >= 0.3 is 0 Å². The van der Waals surface area contributed by atoms with E-state index >= 15 is 0 Å². The van der Waals surface area contributed by atoms with Crippen LogP contribution in [0.4, 0.5) is 5.82 Å². The van der Waals surface area contributed by atoms with Gasteiger partial charge in [0.2, 0.25) is 0 Å². The number of nitrogens with zero attached hydrogens (tertiary/aromatic N) is 2. The summed E-state index contributed by atoms with van der Waals surface area (Å²) in [7, 11) is 0. The topological polar surface area (TPSA) is 36.4 Å². The molecule has 0 amide bonds. The van der Waals surface area contributed by atoms with E-state index in [1.807, 2.05) is 18.3 Å². The van der Waals surface area contributed by atoms with E-state index in [2.05, 4.69) is 9.88 Å². The van der Waals surface area contributed by atoms with Gasteiger partial charge in [-0.25, -0.2) is 4.98 Å². The molecule has 0 aliphatic carbocycles. The Hall–Kier alpha value is -1.48. The second kappa shape index (κ2) is 4.65. The highest BCUT2D eigenvalue weighted by Gasteiger charge is 2.20. The minimum absolute atomic E-state index is 0.188. The highest BCUT2D eigenvalue weighted by atomic mass is 35.5. The molecule has 1 unspecified atom stereocenters. The molecule has 1 aliphatic heterocycles. The summed E-state index contributed by atoms with van der Waals surface area (Å²) in [5.74, 6) is 1.20. The standard InChI is InChI=1S/C14H15ClN2O/c15-11-2-1-7-17(9-11)14-13-8-12(18)4-3-10(13)5-6-16-14/h3-6,8,11,18H,1-2,7,9H2. The number of aromatic hydroxyl groups is 1. The van der Waals surface area contributed by atoms with Crippen LogP contribution in [0.2, 0.25) is 0 Å². The zero-order valence-corrected chi connectivity index (χ0v) is 10.8. The fourth-order valence-electron chi connectivity index (χ4n) is 2.51. The Morgan fingerprint density at radius 3 is 3.06 bits per heavy atom. The summed E-state index contributed by atoms with van der Waals surface area (Å²) in [6.07, 6.45) is 3.96. The Morgan fingerprint density at radius 2 is 2.22 bits per heavy atom. The second-order valence-electron chi connectivity index (χ2n) is 4.73. The number of phenolic OH excluding ortho intramolecular Hbond substituents is 1. The average Bonchev–Trinajstić information content (AvgIpc) is 2.38. The molecule has 0 spiro atoms. The highest BCUT2D eigenvalue weighted by molar-refractivity contribution is 6.21. The summed E-state index contributed by atoms with van der Waals surface area (Å²) >= 11 is 6.22. The summed E-state index contributed by atoms with van der Waals surface area (Å²) in [5.41, 5.74) is 0. The van der Waals surface area contributed by atoms with E-state index in [9.17, 15) is 5.11 Å². The van der Waals surface area contributed by atoms with Crippen molar-refractivity contribution in [2.45, 2.75) is 18.2 Å². The molecule has 3 nitrogen and oxygen atoms in total. The molecule has 3 rings (SSSR count). The highest BCUT2D eigenvalue weighted by Crippen LogP contribution is 2.30. The Balaban J connectivity index is 2.07. The Morgan fingerprint density at radius 1 is 1.33 bits per heavy atom. The zero-order valence-electron chi connectivity index (χ0n) is 10.0. The molecule has 0 radical (unpaired) electrons. The SMILES string of the molecule is Oc1ccc2ccnc(N3CCCC(Cl)C3)c2c1. The molecule has 1 N–H and O–H groups in total. The summed E-state index contributed by atoms with van der Waals surface area (Å²) in [6.45, 7) is 1.80. The molecule has 1 atom stereocenters. The molecule has 1 saturated heterocycles. The predicted octanol–water partition coefficient (Wildman–Crippen LogP) is 3.15. The van der Waals surface area contributed by atoms with Crippen molar-refractivity contribution in [2.24, 2.45) is 0 Å². The minimum atomic E-state index is 0.188. The molecular weight excluding hydrogens is 248 g/mol. The van der Waals surface area contributed by atoms with E-state index in [-0.39, 0.29) is 11.1 Å². The Bertz CT molecular complexity index is 573. The van der Waals surface area contributed by atoms with Gasteiger partial charge in [-0.15, -0.1) is 11.6 Å². The minimum Gasteiger partial charge on any atom is -0.508 e. The number of fused-ring (bicyclic) bond motifs is 1. The van der Waals surface area contributed by atoms with Gasteiger partial charge in [0.25, 0.3) is 0 Å². The number of alkyl halides is 1. The van der Waals surface area contributed by atoms with Gasteiger partial charge in [0.1, 0.15) is 11.6 Å². The number of phenols is 1. The number of aromatic nitrogens is 1. The number of anilines is 1.